The van der Waals surface area contributed by atoms with Gasteiger partial charge in [0.05, 0.1) is 24.3 Å². The largest absolute Gasteiger partial charge is 0.494 e. The van der Waals surface area contributed by atoms with Crippen LogP contribution >= 0.6 is 11.3 Å². The van der Waals surface area contributed by atoms with Crippen LogP contribution in [-0.2, 0) is 9.53 Å². The summed E-state index contributed by atoms with van der Waals surface area (Å²) in [7, 11) is 0. The van der Waals surface area contributed by atoms with Crippen LogP contribution in [0, 0.1) is 12.3 Å². The third-order valence-corrected chi connectivity index (χ3v) is 7.51. The van der Waals surface area contributed by atoms with Gasteiger partial charge in [0.2, 0.25) is 0 Å². The Hall–Kier alpha value is -2.61. The zero-order chi connectivity index (χ0) is 26.0. The molecule has 1 fully saturated rings. The third kappa shape index (κ3) is 8.50. The van der Waals surface area contributed by atoms with Gasteiger partial charge >= 0.3 is 12.0 Å². The number of ether oxygens (including phenoxy) is 2. The fraction of sp³-hybridized carbons (Fsp3) is 0.607. The van der Waals surface area contributed by atoms with Crippen LogP contribution in [0.2, 0.25) is 0 Å². The molecule has 1 aromatic carbocycles. The van der Waals surface area contributed by atoms with E-state index in [1.807, 2.05) is 52.0 Å². The van der Waals surface area contributed by atoms with Crippen LogP contribution in [0.4, 0.5) is 9.93 Å². The highest BCUT2D eigenvalue weighted by molar-refractivity contribution is 7.16. The number of amides is 2. The molecule has 1 saturated carbocycles. The summed E-state index contributed by atoms with van der Waals surface area (Å²) in [6, 6.07) is 8.02. The number of rotatable bonds is 12. The monoisotopic (exact) mass is 515 g/mol. The Kier molecular flexibility index (Phi) is 10.6. The normalized spacial score (nSPS) is 14.3. The molecule has 2 aromatic rings. The van der Waals surface area contributed by atoms with Crippen LogP contribution in [0.1, 0.15) is 83.4 Å². The lowest BCUT2D eigenvalue weighted by Gasteiger charge is -2.22. The van der Waals surface area contributed by atoms with Crippen LogP contribution < -0.4 is 15.4 Å². The molecule has 1 heterocycles. The van der Waals surface area contributed by atoms with E-state index >= 15 is 0 Å². The van der Waals surface area contributed by atoms with Gasteiger partial charge in [-0.15, -0.1) is 11.3 Å². The lowest BCUT2D eigenvalue weighted by Crippen LogP contribution is -2.38. The molecule has 0 unspecified atom stereocenters. The van der Waals surface area contributed by atoms with Gasteiger partial charge in [0, 0.05) is 16.5 Å². The minimum Gasteiger partial charge on any atom is -0.494 e. The molecule has 1 aliphatic rings. The Balaban J connectivity index is 1.41. The highest BCUT2D eigenvalue weighted by Gasteiger charge is 2.28. The molecule has 0 spiro atoms. The number of urea groups is 1. The highest BCUT2D eigenvalue weighted by atomic mass is 32.1. The van der Waals surface area contributed by atoms with E-state index < -0.39 is 5.41 Å². The van der Waals surface area contributed by atoms with Crippen molar-refractivity contribution in [2.24, 2.45) is 5.41 Å². The predicted octanol–water partition coefficient (Wildman–Crippen LogP) is 7.10. The minimum atomic E-state index is -0.435. The van der Waals surface area contributed by atoms with Crippen molar-refractivity contribution in [3.8, 4) is 17.0 Å². The summed E-state index contributed by atoms with van der Waals surface area (Å²) in [6.45, 7) is 8.80. The summed E-state index contributed by atoms with van der Waals surface area (Å²) in [5.74, 6) is 0.700. The van der Waals surface area contributed by atoms with Gasteiger partial charge in [0.1, 0.15) is 5.75 Å². The van der Waals surface area contributed by atoms with Gasteiger partial charge in [-0.1, -0.05) is 32.1 Å². The summed E-state index contributed by atoms with van der Waals surface area (Å²) in [5.41, 5.74) is 1.44. The standard InChI is InChI=1S/C28H41N3O4S/c1-5-34-25(32)28(3,4)18-10-7-11-19-35-23-16-14-21(15-17-23)24-20(2)36-27(30-24)31-26(33)29-22-12-8-6-9-13-22/h14-17,22H,5-13,18-19H2,1-4H3,(H2,29,30,31,33). The van der Waals surface area contributed by atoms with Gasteiger partial charge in [-0.05, 0) is 77.6 Å². The van der Waals surface area contributed by atoms with Crippen LogP contribution in [0.5, 0.6) is 5.75 Å². The number of thiazole rings is 1. The van der Waals surface area contributed by atoms with Crippen molar-refractivity contribution in [1.29, 1.82) is 0 Å². The molecular weight excluding hydrogens is 474 g/mol. The quantitative estimate of drug-likeness (QED) is 0.232. The van der Waals surface area contributed by atoms with E-state index in [9.17, 15) is 9.59 Å². The number of aromatic nitrogens is 1. The van der Waals surface area contributed by atoms with E-state index in [1.54, 1.807) is 0 Å². The van der Waals surface area contributed by atoms with Crippen molar-refractivity contribution < 1.29 is 19.1 Å². The van der Waals surface area contributed by atoms with Gasteiger partial charge in [0.15, 0.2) is 5.13 Å². The molecule has 0 bridgehead atoms. The topological polar surface area (TPSA) is 89.6 Å². The van der Waals surface area contributed by atoms with E-state index in [4.69, 9.17) is 9.47 Å². The summed E-state index contributed by atoms with van der Waals surface area (Å²) in [5, 5.41) is 6.59. The number of esters is 1. The molecule has 2 amide bonds. The molecule has 3 rings (SSSR count). The van der Waals surface area contributed by atoms with Gasteiger partial charge in [-0.25, -0.2) is 9.78 Å². The number of unbranched alkanes of at least 4 members (excludes halogenated alkanes) is 2. The lowest BCUT2D eigenvalue weighted by molar-refractivity contribution is -0.153. The number of aryl methyl sites for hydroxylation is 1. The molecule has 8 heteroatoms. The molecular formula is C28H41N3O4S. The number of nitrogens with one attached hydrogen (secondary N) is 2. The SMILES string of the molecule is CCOC(=O)C(C)(C)CCCCCOc1ccc(-c2nc(NC(=O)NC3CCCCC3)sc2C)cc1. The first-order chi connectivity index (χ1) is 17.3. The average molecular weight is 516 g/mol. The number of hydrogen-bond acceptors (Lipinski definition) is 6. The maximum absolute atomic E-state index is 12.4. The summed E-state index contributed by atoms with van der Waals surface area (Å²) < 4.78 is 11.0. The molecule has 1 aromatic heterocycles. The molecule has 0 radical (unpaired) electrons. The molecule has 0 saturated heterocycles. The van der Waals surface area contributed by atoms with Gasteiger partial charge in [0.25, 0.3) is 0 Å². The Morgan fingerprint density at radius 2 is 1.81 bits per heavy atom. The zero-order valence-electron chi connectivity index (χ0n) is 22.2. The molecule has 0 atom stereocenters. The molecule has 1 aliphatic carbocycles. The Morgan fingerprint density at radius 3 is 2.50 bits per heavy atom. The van der Waals surface area contributed by atoms with Crippen molar-refractivity contribution >= 4 is 28.5 Å². The molecule has 36 heavy (non-hydrogen) atoms. The number of benzene rings is 1. The number of carbonyl (C=O) groups is 2. The van der Waals surface area contributed by atoms with Crippen molar-refractivity contribution in [3.63, 3.8) is 0 Å². The first-order valence-corrected chi connectivity index (χ1v) is 14.1. The zero-order valence-corrected chi connectivity index (χ0v) is 23.0. The Morgan fingerprint density at radius 1 is 1.08 bits per heavy atom. The predicted molar refractivity (Wildman–Crippen MR) is 146 cm³/mol. The van der Waals surface area contributed by atoms with Crippen molar-refractivity contribution in [3.05, 3.63) is 29.1 Å². The molecule has 7 nitrogen and oxygen atoms in total. The van der Waals surface area contributed by atoms with Gasteiger partial charge in [-0.3, -0.25) is 10.1 Å². The van der Waals surface area contributed by atoms with Crippen LogP contribution in [0.15, 0.2) is 24.3 Å². The lowest BCUT2D eigenvalue weighted by atomic mass is 9.87. The first kappa shape index (κ1) is 28.0. The molecule has 198 valence electrons. The molecule has 0 aliphatic heterocycles. The van der Waals surface area contributed by atoms with Gasteiger partial charge in [-0.2, -0.15) is 0 Å². The maximum atomic E-state index is 12.4. The fourth-order valence-electron chi connectivity index (χ4n) is 4.46. The van der Waals surface area contributed by atoms with E-state index in [0.717, 1.165) is 60.4 Å². The first-order valence-electron chi connectivity index (χ1n) is 13.2. The smallest absolute Gasteiger partial charge is 0.321 e. The minimum absolute atomic E-state index is 0.123. The van der Waals surface area contributed by atoms with E-state index in [0.29, 0.717) is 18.3 Å². The van der Waals surface area contributed by atoms with E-state index in [1.165, 1.54) is 30.6 Å². The second kappa shape index (κ2) is 13.6. The number of nitrogens with zero attached hydrogens (tertiary/aromatic N) is 1. The van der Waals surface area contributed by atoms with Crippen molar-refractivity contribution in [2.75, 3.05) is 18.5 Å². The van der Waals surface area contributed by atoms with Crippen LogP contribution in [0.3, 0.4) is 0 Å². The van der Waals surface area contributed by atoms with Crippen molar-refractivity contribution in [1.82, 2.24) is 10.3 Å². The van der Waals surface area contributed by atoms with Gasteiger partial charge < -0.3 is 14.8 Å². The summed E-state index contributed by atoms with van der Waals surface area (Å²) >= 11 is 1.49. The molecule has 2 N–H and O–H groups in total. The average Bonchev–Trinajstić information content (AvgIpc) is 3.22. The van der Waals surface area contributed by atoms with Crippen LogP contribution in [-0.4, -0.2) is 36.2 Å². The number of carbonyl (C=O) groups excluding carboxylic acids is 2. The van der Waals surface area contributed by atoms with Crippen molar-refractivity contribution in [2.45, 2.75) is 91.5 Å². The number of hydrogen-bond donors (Lipinski definition) is 2. The number of anilines is 1. The Labute approximate surface area is 219 Å². The van der Waals surface area contributed by atoms with E-state index in [-0.39, 0.29) is 18.0 Å². The summed E-state index contributed by atoms with van der Waals surface area (Å²) in [4.78, 5) is 30.0. The Bertz CT molecular complexity index is 981. The highest BCUT2D eigenvalue weighted by Crippen LogP contribution is 2.31. The van der Waals surface area contributed by atoms with Crippen LogP contribution in [0.25, 0.3) is 11.3 Å². The third-order valence-electron chi connectivity index (χ3n) is 6.63. The maximum Gasteiger partial charge on any atom is 0.321 e. The summed E-state index contributed by atoms with van der Waals surface area (Å²) in [6.07, 6.45) is 9.44. The second-order valence-corrected chi connectivity index (χ2v) is 11.3. The van der Waals surface area contributed by atoms with E-state index in [2.05, 4.69) is 15.6 Å². The fourth-order valence-corrected chi connectivity index (χ4v) is 5.29. The second-order valence-electron chi connectivity index (χ2n) is 10.1.